The second-order valence-electron chi connectivity index (χ2n) is 7.45. The average Bonchev–Trinajstić information content (AvgIpc) is 2.43. The fraction of sp³-hybridized carbons (Fsp3) is 0.625. The molecule has 0 bridgehead atoms. The molecule has 20 heavy (non-hydrogen) atoms. The second-order valence-corrected chi connectivity index (χ2v) is 15.4. The largest absolute Gasteiger partial charge is 0.449 e. The van der Waals surface area contributed by atoms with Crippen LogP contribution < -0.4 is 15.3 Å². The first kappa shape index (κ1) is 15.8. The van der Waals surface area contributed by atoms with E-state index in [0.29, 0.717) is 12.1 Å². The maximum atomic E-state index is 6.52. The number of benzene rings is 1. The molecule has 1 aromatic carbocycles. The zero-order chi connectivity index (χ0) is 15.3. The minimum absolute atomic E-state index is 0.519. The average molecular weight is 308 g/mol. The highest BCUT2D eigenvalue weighted by atomic mass is 28.4. The fourth-order valence-electron chi connectivity index (χ4n) is 3.66. The number of nitrogens with zero attached hydrogens (tertiary/aromatic N) is 1. The van der Waals surface area contributed by atoms with Crippen LogP contribution in [0.3, 0.4) is 0 Å². The van der Waals surface area contributed by atoms with Crippen molar-refractivity contribution in [1.82, 2.24) is 0 Å². The van der Waals surface area contributed by atoms with Crippen LogP contribution in [0.2, 0.25) is 26.2 Å². The number of fused-ring (bicyclic) bond motifs is 1. The van der Waals surface area contributed by atoms with Gasteiger partial charge in [0.2, 0.25) is 16.6 Å². The molecule has 0 aromatic heterocycles. The quantitative estimate of drug-likeness (QED) is 0.795. The van der Waals surface area contributed by atoms with Crippen LogP contribution in [0.4, 0.5) is 5.69 Å². The molecule has 112 valence electrons. The normalized spacial score (nSPS) is 19.5. The van der Waals surface area contributed by atoms with Crippen molar-refractivity contribution in [3.8, 4) is 0 Å². The molecule has 0 aliphatic carbocycles. The van der Waals surface area contributed by atoms with Crippen molar-refractivity contribution in [3.05, 3.63) is 18.2 Å². The Morgan fingerprint density at radius 1 is 0.850 bits per heavy atom. The Morgan fingerprint density at radius 2 is 1.35 bits per heavy atom. The van der Waals surface area contributed by atoms with E-state index in [1.807, 2.05) is 0 Å². The van der Waals surface area contributed by atoms with Crippen LogP contribution in [-0.4, -0.2) is 28.7 Å². The topological polar surface area (TPSA) is 12.5 Å². The number of rotatable bonds is 3. The number of hydrogen-bond acceptors (Lipinski definition) is 2. The molecule has 0 atom stereocenters. The summed E-state index contributed by atoms with van der Waals surface area (Å²) in [6, 6.07) is 8.10. The summed E-state index contributed by atoms with van der Waals surface area (Å²) in [6.45, 7) is 18.4. The van der Waals surface area contributed by atoms with E-state index in [9.17, 15) is 0 Å². The van der Waals surface area contributed by atoms with Crippen LogP contribution in [0.25, 0.3) is 0 Å². The highest BCUT2D eigenvalue weighted by Gasteiger charge is 2.46. The summed E-state index contributed by atoms with van der Waals surface area (Å²) in [5.74, 6) is 0. The third-order valence-electron chi connectivity index (χ3n) is 4.22. The van der Waals surface area contributed by atoms with Gasteiger partial charge in [-0.25, -0.2) is 0 Å². The van der Waals surface area contributed by atoms with Gasteiger partial charge in [-0.1, -0.05) is 6.07 Å². The number of anilines is 1. The third kappa shape index (κ3) is 2.61. The molecule has 1 aromatic rings. The molecule has 0 spiro atoms. The maximum absolute atomic E-state index is 6.52. The monoisotopic (exact) mass is 307 g/mol. The highest BCUT2D eigenvalue weighted by Crippen LogP contribution is 2.26. The predicted molar refractivity (Wildman–Crippen MR) is 94.5 cm³/mol. The molecular formula is C16H29NOSi2. The third-order valence-corrected chi connectivity index (χ3v) is 12.0. The van der Waals surface area contributed by atoms with E-state index in [0.717, 1.165) is 0 Å². The van der Waals surface area contributed by atoms with E-state index >= 15 is 0 Å². The van der Waals surface area contributed by atoms with Crippen LogP contribution in [-0.2, 0) is 4.12 Å². The number of hydrogen-bond donors (Lipinski definition) is 0. The highest BCUT2D eigenvalue weighted by molar-refractivity contribution is 7.05. The minimum atomic E-state index is -1.71. The summed E-state index contributed by atoms with van der Waals surface area (Å²) in [4.78, 5) is 2.50. The fourth-order valence-corrected chi connectivity index (χ4v) is 13.9. The zero-order valence-corrected chi connectivity index (χ0v) is 16.2. The van der Waals surface area contributed by atoms with Crippen LogP contribution in [0.15, 0.2) is 18.2 Å². The van der Waals surface area contributed by atoms with Gasteiger partial charge in [0, 0.05) is 17.8 Å². The molecule has 0 saturated heterocycles. The van der Waals surface area contributed by atoms with Crippen molar-refractivity contribution < 1.29 is 4.12 Å². The van der Waals surface area contributed by atoms with Crippen molar-refractivity contribution in [2.45, 2.75) is 66.0 Å². The van der Waals surface area contributed by atoms with Gasteiger partial charge in [-0.2, -0.15) is 0 Å². The van der Waals surface area contributed by atoms with E-state index in [1.165, 1.54) is 16.1 Å². The van der Waals surface area contributed by atoms with Gasteiger partial charge >= 0.3 is 0 Å². The molecule has 1 heterocycles. The molecule has 0 radical (unpaired) electrons. The molecule has 0 amide bonds. The van der Waals surface area contributed by atoms with Gasteiger partial charge in [0.25, 0.3) is 0 Å². The van der Waals surface area contributed by atoms with E-state index in [2.05, 4.69) is 77.0 Å². The molecule has 4 heteroatoms. The summed E-state index contributed by atoms with van der Waals surface area (Å²) in [6.07, 6.45) is 0. The van der Waals surface area contributed by atoms with E-state index in [4.69, 9.17) is 4.12 Å². The van der Waals surface area contributed by atoms with E-state index in [1.54, 1.807) is 0 Å². The Morgan fingerprint density at radius 3 is 1.85 bits per heavy atom. The van der Waals surface area contributed by atoms with Gasteiger partial charge in [0.05, 0.1) is 0 Å². The van der Waals surface area contributed by atoms with E-state index in [-0.39, 0.29) is 0 Å². The van der Waals surface area contributed by atoms with Gasteiger partial charge in [-0.15, -0.1) is 0 Å². The lowest BCUT2D eigenvalue weighted by Gasteiger charge is -2.34. The predicted octanol–water partition coefficient (Wildman–Crippen LogP) is 3.16. The molecule has 0 N–H and O–H groups in total. The lowest BCUT2D eigenvalue weighted by atomic mass is 10.2. The molecule has 0 saturated carbocycles. The van der Waals surface area contributed by atoms with Gasteiger partial charge in [0.1, 0.15) is 0 Å². The lowest BCUT2D eigenvalue weighted by molar-refractivity contribution is 0.583. The Bertz CT molecular complexity index is 501. The standard InChI is InChI=1S/C16H29NOSi2/c1-12(2)17(13(3)4)14-9-10-15-16(11-14)20(7,8)18-19(15,5)6/h9-13H,1-8H3. The Labute approximate surface area is 126 Å². The van der Waals surface area contributed by atoms with Crippen molar-refractivity contribution in [2.24, 2.45) is 0 Å². The van der Waals surface area contributed by atoms with Gasteiger partial charge in [0.15, 0.2) is 0 Å². The second kappa shape index (κ2) is 5.00. The van der Waals surface area contributed by atoms with Crippen molar-refractivity contribution in [2.75, 3.05) is 4.90 Å². The Hall–Kier alpha value is -0.586. The summed E-state index contributed by atoms with van der Waals surface area (Å²) in [5, 5.41) is 3.04. The van der Waals surface area contributed by atoms with E-state index < -0.39 is 16.6 Å². The molecular weight excluding hydrogens is 278 g/mol. The first-order chi connectivity index (χ1) is 9.06. The van der Waals surface area contributed by atoms with Gasteiger partial charge in [-0.3, -0.25) is 0 Å². The summed E-state index contributed by atoms with van der Waals surface area (Å²) >= 11 is 0. The summed E-state index contributed by atoms with van der Waals surface area (Å²) < 4.78 is 6.52. The van der Waals surface area contributed by atoms with Crippen LogP contribution in [0.5, 0.6) is 0 Å². The van der Waals surface area contributed by atoms with Crippen LogP contribution in [0.1, 0.15) is 27.7 Å². The summed E-state index contributed by atoms with van der Waals surface area (Å²) in [7, 11) is -3.37. The molecule has 2 rings (SSSR count). The minimum Gasteiger partial charge on any atom is -0.449 e. The van der Waals surface area contributed by atoms with Gasteiger partial charge < -0.3 is 9.02 Å². The summed E-state index contributed by atoms with van der Waals surface area (Å²) in [5.41, 5.74) is 1.35. The van der Waals surface area contributed by atoms with Gasteiger partial charge in [-0.05, 0) is 76.4 Å². The SMILES string of the molecule is CC(C)N(c1ccc2c(c1)[Si](C)(C)O[Si]2(C)C)C(C)C. The van der Waals surface area contributed by atoms with Crippen molar-refractivity contribution >= 4 is 32.7 Å². The van der Waals surface area contributed by atoms with Crippen LogP contribution >= 0.6 is 0 Å². The molecule has 1 aliphatic rings. The Balaban J connectivity index is 2.52. The first-order valence-corrected chi connectivity index (χ1v) is 13.5. The van der Waals surface area contributed by atoms with Crippen molar-refractivity contribution in [1.29, 1.82) is 0 Å². The van der Waals surface area contributed by atoms with Crippen LogP contribution in [0, 0.1) is 0 Å². The lowest BCUT2D eigenvalue weighted by Crippen LogP contribution is -2.45. The molecule has 1 aliphatic heterocycles. The Kier molecular flexibility index (Phi) is 3.95. The molecule has 0 fully saturated rings. The smallest absolute Gasteiger partial charge is 0.206 e. The van der Waals surface area contributed by atoms with Crippen molar-refractivity contribution in [3.63, 3.8) is 0 Å². The zero-order valence-electron chi connectivity index (χ0n) is 14.2. The molecule has 2 nitrogen and oxygen atoms in total. The molecule has 0 unspecified atom stereocenters. The maximum Gasteiger partial charge on any atom is 0.206 e. The first-order valence-electron chi connectivity index (χ1n) is 7.70.